The Balaban J connectivity index is 2.86. The highest BCUT2D eigenvalue weighted by molar-refractivity contribution is 9.09. The Morgan fingerprint density at radius 2 is 1.19 bits per heavy atom. The minimum atomic E-state index is 0.338. The van der Waals surface area contributed by atoms with Gasteiger partial charge in [0.1, 0.15) is 6.61 Å². The molecule has 0 N–H and O–H groups in total. The van der Waals surface area contributed by atoms with E-state index < -0.39 is 0 Å². The second-order valence-corrected chi connectivity index (χ2v) is 3.58. The van der Waals surface area contributed by atoms with E-state index >= 15 is 0 Å². The molecule has 0 aromatic rings. The highest BCUT2D eigenvalue weighted by Gasteiger charge is 1.91. The molecule has 0 saturated carbocycles. The molecular formula is C11H19BrO4. The maximum absolute atomic E-state index is 5.27. The van der Waals surface area contributed by atoms with Gasteiger partial charge in [-0.1, -0.05) is 21.9 Å². The number of halogens is 1. The fourth-order valence-electron chi connectivity index (χ4n) is 0.845. The first-order valence-electron chi connectivity index (χ1n) is 5.22. The van der Waals surface area contributed by atoms with E-state index in [1.54, 1.807) is 0 Å². The van der Waals surface area contributed by atoms with Crippen LogP contribution in [0.3, 0.4) is 0 Å². The van der Waals surface area contributed by atoms with Gasteiger partial charge in [-0.05, 0) is 0 Å². The van der Waals surface area contributed by atoms with Gasteiger partial charge in [0.2, 0.25) is 0 Å². The van der Waals surface area contributed by atoms with Crippen LogP contribution in [0, 0.1) is 12.3 Å². The van der Waals surface area contributed by atoms with E-state index in [0.717, 1.165) is 5.33 Å². The summed E-state index contributed by atoms with van der Waals surface area (Å²) in [7, 11) is 0. The number of hydrogen-bond acceptors (Lipinski definition) is 4. The first-order valence-corrected chi connectivity index (χ1v) is 6.34. The molecule has 0 aliphatic rings. The Labute approximate surface area is 106 Å². The molecule has 0 rings (SSSR count). The maximum Gasteiger partial charge on any atom is 0.107 e. The van der Waals surface area contributed by atoms with E-state index in [1.807, 2.05) is 0 Å². The standard InChI is InChI=1S/C11H19BrO4/c1-2-4-13-6-8-15-10-11-16-9-7-14-5-3-12/h1H,3-11H2. The molecule has 0 amide bonds. The Bertz CT molecular complexity index is 170. The highest BCUT2D eigenvalue weighted by Crippen LogP contribution is 1.84. The number of terminal acetylenes is 1. The zero-order chi connectivity index (χ0) is 11.9. The van der Waals surface area contributed by atoms with E-state index in [0.29, 0.717) is 52.9 Å². The van der Waals surface area contributed by atoms with Crippen LogP contribution in [0.15, 0.2) is 0 Å². The summed E-state index contributed by atoms with van der Waals surface area (Å²) in [4.78, 5) is 0. The van der Waals surface area contributed by atoms with Gasteiger partial charge in [-0.2, -0.15) is 0 Å². The quantitative estimate of drug-likeness (QED) is 0.307. The molecule has 0 radical (unpaired) electrons. The van der Waals surface area contributed by atoms with Gasteiger partial charge < -0.3 is 18.9 Å². The van der Waals surface area contributed by atoms with Crippen LogP contribution in [0.25, 0.3) is 0 Å². The van der Waals surface area contributed by atoms with Crippen molar-refractivity contribution in [3.05, 3.63) is 0 Å². The molecule has 0 aromatic heterocycles. The van der Waals surface area contributed by atoms with Crippen LogP contribution < -0.4 is 0 Å². The summed E-state index contributed by atoms with van der Waals surface area (Å²) in [6, 6.07) is 0. The predicted octanol–water partition coefficient (Wildman–Crippen LogP) is 1.08. The lowest BCUT2D eigenvalue weighted by atomic mass is 10.7. The van der Waals surface area contributed by atoms with Crippen molar-refractivity contribution in [3.63, 3.8) is 0 Å². The fourth-order valence-corrected chi connectivity index (χ4v) is 1.07. The van der Waals surface area contributed by atoms with Crippen LogP contribution in [-0.2, 0) is 18.9 Å². The molecule has 5 heteroatoms. The third-order valence-corrected chi connectivity index (χ3v) is 1.85. The Morgan fingerprint density at radius 3 is 1.62 bits per heavy atom. The molecule has 0 spiro atoms. The molecule has 0 aliphatic heterocycles. The molecule has 0 saturated heterocycles. The summed E-state index contributed by atoms with van der Waals surface area (Å²) in [6.07, 6.45) is 5.01. The smallest absolute Gasteiger partial charge is 0.107 e. The van der Waals surface area contributed by atoms with Crippen molar-refractivity contribution in [3.8, 4) is 12.3 Å². The van der Waals surface area contributed by atoms with Gasteiger partial charge in [-0.3, -0.25) is 0 Å². The zero-order valence-electron chi connectivity index (χ0n) is 9.45. The minimum absolute atomic E-state index is 0.338. The first-order chi connectivity index (χ1) is 7.91. The van der Waals surface area contributed by atoms with Crippen molar-refractivity contribution in [1.29, 1.82) is 0 Å². The van der Waals surface area contributed by atoms with E-state index in [2.05, 4.69) is 21.9 Å². The molecule has 94 valence electrons. The van der Waals surface area contributed by atoms with Crippen molar-refractivity contribution in [2.75, 3.05) is 58.2 Å². The van der Waals surface area contributed by atoms with Gasteiger partial charge in [0, 0.05) is 5.33 Å². The van der Waals surface area contributed by atoms with E-state index in [9.17, 15) is 0 Å². The summed E-state index contributed by atoms with van der Waals surface area (Å²) in [6.45, 7) is 4.49. The second kappa shape index (κ2) is 14.9. The lowest BCUT2D eigenvalue weighted by Gasteiger charge is -2.06. The molecule has 0 heterocycles. The van der Waals surface area contributed by atoms with Crippen molar-refractivity contribution < 1.29 is 18.9 Å². The number of hydrogen-bond donors (Lipinski definition) is 0. The minimum Gasteiger partial charge on any atom is -0.378 e. The molecule has 16 heavy (non-hydrogen) atoms. The van der Waals surface area contributed by atoms with Crippen molar-refractivity contribution in [2.45, 2.75) is 0 Å². The number of ether oxygens (including phenoxy) is 4. The first kappa shape index (κ1) is 15.9. The molecule has 0 atom stereocenters. The van der Waals surface area contributed by atoms with Gasteiger partial charge in [0.05, 0.1) is 46.2 Å². The molecule has 0 aliphatic carbocycles. The fraction of sp³-hybridized carbons (Fsp3) is 0.818. The highest BCUT2D eigenvalue weighted by atomic mass is 79.9. The molecule has 4 nitrogen and oxygen atoms in total. The Morgan fingerprint density at radius 1 is 0.750 bits per heavy atom. The van der Waals surface area contributed by atoms with Crippen LogP contribution in [0.1, 0.15) is 0 Å². The topological polar surface area (TPSA) is 36.9 Å². The number of rotatable bonds is 12. The monoisotopic (exact) mass is 294 g/mol. The third kappa shape index (κ3) is 13.9. The average molecular weight is 295 g/mol. The summed E-state index contributed by atoms with van der Waals surface area (Å²) < 4.78 is 20.7. The largest absolute Gasteiger partial charge is 0.378 e. The van der Waals surface area contributed by atoms with Crippen LogP contribution >= 0.6 is 15.9 Å². The van der Waals surface area contributed by atoms with Gasteiger partial charge in [0.15, 0.2) is 0 Å². The van der Waals surface area contributed by atoms with Crippen LogP contribution in [-0.4, -0.2) is 58.2 Å². The van der Waals surface area contributed by atoms with Gasteiger partial charge in [-0.25, -0.2) is 0 Å². The molecule has 0 fully saturated rings. The molecule has 0 bridgehead atoms. The van der Waals surface area contributed by atoms with Gasteiger partial charge in [0.25, 0.3) is 0 Å². The van der Waals surface area contributed by atoms with Gasteiger partial charge >= 0.3 is 0 Å². The Hall–Kier alpha value is -0.120. The van der Waals surface area contributed by atoms with E-state index in [-0.39, 0.29) is 0 Å². The lowest BCUT2D eigenvalue weighted by Crippen LogP contribution is -2.12. The second-order valence-electron chi connectivity index (χ2n) is 2.78. The SMILES string of the molecule is C#CCOCCOCCOCCOCCBr. The van der Waals surface area contributed by atoms with Crippen molar-refractivity contribution in [2.24, 2.45) is 0 Å². The zero-order valence-corrected chi connectivity index (χ0v) is 11.0. The van der Waals surface area contributed by atoms with Crippen molar-refractivity contribution in [1.82, 2.24) is 0 Å². The average Bonchev–Trinajstić information content (AvgIpc) is 2.31. The molecule has 0 unspecified atom stereocenters. The number of alkyl halides is 1. The lowest BCUT2D eigenvalue weighted by molar-refractivity contribution is 0.00318. The summed E-state index contributed by atoms with van der Waals surface area (Å²) in [5, 5.41) is 0.855. The van der Waals surface area contributed by atoms with Gasteiger partial charge in [-0.15, -0.1) is 6.42 Å². The summed E-state index contributed by atoms with van der Waals surface area (Å²) in [5.41, 5.74) is 0. The van der Waals surface area contributed by atoms with Crippen LogP contribution in [0.5, 0.6) is 0 Å². The third-order valence-electron chi connectivity index (χ3n) is 1.52. The maximum atomic E-state index is 5.27. The summed E-state index contributed by atoms with van der Waals surface area (Å²) in [5.74, 6) is 2.38. The molecule has 0 aromatic carbocycles. The van der Waals surface area contributed by atoms with E-state index in [4.69, 9.17) is 25.4 Å². The predicted molar refractivity (Wildman–Crippen MR) is 65.9 cm³/mol. The van der Waals surface area contributed by atoms with Crippen LogP contribution in [0.2, 0.25) is 0 Å². The van der Waals surface area contributed by atoms with E-state index in [1.165, 1.54) is 0 Å². The summed E-state index contributed by atoms with van der Waals surface area (Å²) >= 11 is 3.27. The van der Waals surface area contributed by atoms with Crippen LogP contribution in [0.4, 0.5) is 0 Å². The normalized spacial score (nSPS) is 10.2. The van der Waals surface area contributed by atoms with Crippen molar-refractivity contribution >= 4 is 15.9 Å². The Kier molecular flexibility index (Phi) is 14.8. The molecular weight excluding hydrogens is 276 g/mol.